The Morgan fingerprint density at radius 1 is 0.907 bits per heavy atom. The van der Waals surface area contributed by atoms with Gasteiger partial charge in [-0.3, -0.25) is 9.59 Å². The summed E-state index contributed by atoms with van der Waals surface area (Å²) in [5.41, 5.74) is 6.05. The van der Waals surface area contributed by atoms with Crippen LogP contribution in [0.5, 0.6) is 5.75 Å². The highest BCUT2D eigenvalue weighted by molar-refractivity contribution is 5.88. The van der Waals surface area contributed by atoms with Crippen molar-refractivity contribution in [1.82, 2.24) is 10.2 Å². The average Bonchev–Trinajstić information content (AvgIpc) is 3.84. The maximum absolute atomic E-state index is 13.5. The molecule has 5 rings (SSSR count). The zero-order valence-electron chi connectivity index (χ0n) is 25.7. The highest BCUT2D eigenvalue weighted by Gasteiger charge is 2.35. The number of ether oxygens (including phenoxy) is 1. The summed E-state index contributed by atoms with van der Waals surface area (Å²) in [7, 11) is 0. The van der Waals surface area contributed by atoms with E-state index in [4.69, 9.17) is 4.74 Å². The Labute approximate surface area is 255 Å². The Morgan fingerprint density at radius 3 is 2.28 bits per heavy atom. The molecule has 0 heterocycles. The fourth-order valence-electron chi connectivity index (χ4n) is 6.09. The average molecular weight is 582 g/mol. The summed E-state index contributed by atoms with van der Waals surface area (Å²) in [5, 5.41) is 6.02. The third-order valence-corrected chi connectivity index (χ3v) is 8.93. The molecule has 3 aromatic rings. The van der Waals surface area contributed by atoms with E-state index in [2.05, 4.69) is 34.9 Å². The van der Waals surface area contributed by atoms with E-state index in [1.165, 1.54) is 12.5 Å². The molecule has 7 heteroatoms. The van der Waals surface area contributed by atoms with Crippen LogP contribution >= 0.6 is 0 Å². The maximum atomic E-state index is 13.5. The molecule has 0 radical (unpaired) electrons. The Morgan fingerprint density at radius 2 is 1.60 bits per heavy atom. The minimum Gasteiger partial charge on any atom is -0.410 e. The normalized spacial score (nSPS) is 18.8. The van der Waals surface area contributed by atoms with Gasteiger partial charge in [-0.15, -0.1) is 0 Å². The number of nitrogens with one attached hydrogen (secondary N) is 2. The van der Waals surface area contributed by atoms with Gasteiger partial charge >= 0.3 is 6.09 Å². The van der Waals surface area contributed by atoms with Gasteiger partial charge in [0.1, 0.15) is 5.75 Å². The summed E-state index contributed by atoms with van der Waals surface area (Å²) < 4.78 is 5.83. The molecular weight excluding hydrogens is 538 g/mol. The largest absolute Gasteiger partial charge is 0.415 e. The van der Waals surface area contributed by atoms with Crippen LogP contribution in [0.4, 0.5) is 10.5 Å². The minimum atomic E-state index is -0.303. The highest BCUT2D eigenvalue weighted by Crippen LogP contribution is 2.39. The van der Waals surface area contributed by atoms with Gasteiger partial charge in [0, 0.05) is 31.1 Å². The number of benzene rings is 3. The van der Waals surface area contributed by atoms with Crippen LogP contribution < -0.4 is 15.4 Å². The fraction of sp³-hybridized carbons (Fsp3) is 0.417. The molecule has 1 unspecified atom stereocenters. The van der Waals surface area contributed by atoms with Gasteiger partial charge in [-0.05, 0) is 98.4 Å². The first-order valence-corrected chi connectivity index (χ1v) is 15.5. The van der Waals surface area contributed by atoms with E-state index in [1.807, 2.05) is 68.1 Å². The van der Waals surface area contributed by atoms with Crippen molar-refractivity contribution in [3.8, 4) is 5.75 Å². The summed E-state index contributed by atoms with van der Waals surface area (Å²) in [6.07, 6.45) is 5.69. The smallest absolute Gasteiger partial charge is 0.410 e. The molecule has 0 aromatic heterocycles. The lowest BCUT2D eigenvalue weighted by Crippen LogP contribution is -2.37. The van der Waals surface area contributed by atoms with Crippen molar-refractivity contribution in [3.63, 3.8) is 0 Å². The second-order valence-electron chi connectivity index (χ2n) is 12.2. The number of aryl methyl sites for hydroxylation is 1. The van der Waals surface area contributed by atoms with Crippen molar-refractivity contribution in [1.29, 1.82) is 0 Å². The van der Waals surface area contributed by atoms with Crippen molar-refractivity contribution in [2.45, 2.75) is 90.8 Å². The Hall–Kier alpha value is -4.13. The van der Waals surface area contributed by atoms with E-state index in [9.17, 15) is 14.4 Å². The van der Waals surface area contributed by atoms with Crippen LogP contribution in [0.1, 0.15) is 92.1 Å². The summed E-state index contributed by atoms with van der Waals surface area (Å²) >= 11 is 0. The van der Waals surface area contributed by atoms with Gasteiger partial charge in [-0.25, -0.2) is 4.79 Å². The zero-order chi connectivity index (χ0) is 30.5. The number of rotatable bonds is 9. The lowest BCUT2D eigenvalue weighted by Gasteiger charge is -2.32. The minimum absolute atomic E-state index is 0.0845. The van der Waals surface area contributed by atoms with Gasteiger partial charge in [-0.2, -0.15) is 0 Å². The van der Waals surface area contributed by atoms with Crippen LogP contribution in [0.15, 0.2) is 66.7 Å². The second-order valence-corrected chi connectivity index (χ2v) is 12.2. The maximum Gasteiger partial charge on any atom is 0.415 e. The van der Waals surface area contributed by atoms with Crippen molar-refractivity contribution < 1.29 is 19.1 Å². The van der Waals surface area contributed by atoms with Crippen molar-refractivity contribution in [2.24, 2.45) is 5.92 Å². The van der Waals surface area contributed by atoms with Crippen LogP contribution in [-0.4, -0.2) is 28.8 Å². The molecule has 0 spiro atoms. The fourth-order valence-corrected chi connectivity index (χ4v) is 6.09. The van der Waals surface area contributed by atoms with Crippen molar-refractivity contribution in [3.05, 3.63) is 94.5 Å². The summed E-state index contributed by atoms with van der Waals surface area (Å²) in [6.45, 7) is 7.97. The third kappa shape index (κ3) is 7.64. The van der Waals surface area contributed by atoms with Crippen LogP contribution in [0.25, 0.3) is 0 Å². The van der Waals surface area contributed by atoms with Crippen LogP contribution in [0.2, 0.25) is 0 Å². The molecule has 2 aliphatic carbocycles. The molecule has 2 saturated carbocycles. The molecule has 3 amide bonds. The third-order valence-electron chi connectivity index (χ3n) is 8.93. The summed E-state index contributed by atoms with van der Waals surface area (Å²) in [4.78, 5) is 39.9. The first kappa shape index (κ1) is 30.3. The molecule has 7 nitrogen and oxygen atoms in total. The van der Waals surface area contributed by atoms with Crippen molar-refractivity contribution >= 4 is 23.6 Å². The lowest BCUT2D eigenvalue weighted by molar-refractivity contribution is -0.127. The molecule has 3 atom stereocenters. The lowest BCUT2D eigenvalue weighted by atomic mass is 9.74. The zero-order valence-corrected chi connectivity index (χ0v) is 25.7. The number of hydrogen-bond donors (Lipinski definition) is 2. The van der Waals surface area contributed by atoms with E-state index in [1.54, 1.807) is 0 Å². The van der Waals surface area contributed by atoms with E-state index in [0.717, 1.165) is 66.5 Å². The Balaban J connectivity index is 1.22. The molecule has 0 bridgehead atoms. The first-order chi connectivity index (χ1) is 20.7. The second kappa shape index (κ2) is 13.4. The number of anilines is 1. The predicted octanol–water partition coefficient (Wildman–Crippen LogP) is 7.58. The molecule has 2 fully saturated rings. The van der Waals surface area contributed by atoms with Gasteiger partial charge in [0.25, 0.3) is 0 Å². The molecule has 0 aliphatic heterocycles. The molecule has 3 aromatic carbocycles. The van der Waals surface area contributed by atoms with Crippen LogP contribution in [0.3, 0.4) is 0 Å². The predicted molar refractivity (Wildman–Crippen MR) is 169 cm³/mol. The number of hydrogen-bond acceptors (Lipinski definition) is 4. The number of amides is 3. The topological polar surface area (TPSA) is 87.7 Å². The monoisotopic (exact) mass is 581 g/mol. The first-order valence-electron chi connectivity index (χ1n) is 15.5. The standard InChI is InChI=1S/C36H43N3O4/c1-23-8-7-11-34(24(23)2)43-36(42)39(31-20-21-31)22-27-12-14-29(15-13-27)32-9-5-6-10-33(32)35(41)37-25(3)28-16-18-30(19-17-28)38-26(4)40/h7-8,11-19,25,31-33H,5-6,9-10,20-22H2,1-4H3,(H,37,41)(H,38,40)/t25-,32?,33-/m0/s1. The number of nitrogens with zero attached hydrogens (tertiary/aromatic N) is 1. The molecule has 0 saturated heterocycles. The quantitative estimate of drug-likeness (QED) is 0.273. The summed E-state index contributed by atoms with van der Waals surface area (Å²) in [6, 6.07) is 21.9. The number of carbonyl (C=O) groups is 3. The van der Waals surface area contributed by atoms with E-state index in [0.29, 0.717) is 12.3 Å². The number of carbonyl (C=O) groups excluding carboxylic acids is 3. The van der Waals surface area contributed by atoms with Gasteiger partial charge in [0.05, 0.1) is 6.04 Å². The van der Waals surface area contributed by atoms with Gasteiger partial charge in [-0.1, -0.05) is 61.4 Å². The SMILES string of the molecule is CC(=O)Nc1ccc([C@H](C)NC(=O)[C@H]2CCCCC2c2ccc(CN(C(=O)Oc3cccc(C)c3C)C3CC3)cc2)cc1. The molecule has 2 aliphatic rings. The molecule has 43 heavy (non-hydrogen) atoms. The molecule has 2 N–H and O–H groups in total. The van der Waals surface area contributed by atoms with Gasteiger partial charge < -0.3 is 20.3 Å². The summed E-state index contributed by atoms with van der Waals surface area (Å²) in [5.74, 6) is 0.661. The Bertz CT molecular complexity index is 1450. The van der Waals surface area contributed by atoms with E-state index in [-0.39, 0.29) is 41.8 Å². The van der Waals surface area contributed by atoms with Crippen LogP contribution in [-0.2, 0) is 16.1 Å². The van der Waals surface area contributed by atoms with Gasteiger partial charge in [0.2, 0.25) is 11.8 Å². The van der Waals surface area contributed by atoms with Crippen molar-refractivity contribution in [2.75, 3.05) is 5.32 Å². The van der Waals surface area contributed by atoms with Gasteiger partial charge in [0.15, 0.2) is 0 Å². The Kier molecular flexibility index (Phi) is 9.49. The van der Waals surface area contributed by atoms with E-state index < -0.39 is 0 Å². The highest BCUT2D eigenvalue weighted by atomic mass is 16.6. The van der Waals surface area contributed by atoms with Crippen LogP contribution in [0, 0.1) is 19.8 Å². The van der Waals surface area contributed by atoms with E-state index >= 15 is 0 Å². The molecular formula is C36H43N3O4. The molecule has 226 valence electrons.